The average molecular weight is 413 g/mol. The quantitative estimate of drug-likeness (QED) is 0.640. The van der Waals surface area contributed by atoms with Crippen molar-refractivity contribution in [2.24, 2.45) is 13.0 Å². The summed E-state index contributed by atoms with van der Waals surface area (Å²) < 4.78 is 7.54. The first kappa shape index (κ1) is 20.2. The standard InChI is InChI=1S/C23H29ClN4O/c1-4-19(15(2)23-27-26-22(28(23)3)13-16-5-6-16)17-7-8-21(20(24)14-17)25-18-9-11-29-12-10-18/h4,7-8,14,16,18,25H,1,5-6,9-13H2,2-3H3. The van der Waals surface area contributed by atoms with Crippen LogP contribution in [0, 0.1) is 5.92 Å². The van der Waals surface area contributed by atoms with Gasteiger partial charge in [0.2, 0.25) is 0 Å². The van der Waals surface area contributed by atoms with Crippen molar-refractivity contribution in [3.05, 3.63) is 53.1 Å². The third-order valence-corrected chi connectivity index (χ3v) is 6.25. The van der Waals surface area contributed by atoms with Crippen LogP contribution in [-0.4, -0.2) is 34.0 Å². The largest absolute Gasteiger partial charge is 0.381 e. The SMILES string of the molecule is C=CC(=C(C)c1nnc(CC2CC2)n1C)c1ccc(NC2CCOCC2)c(Cl)c1. The first-order valence-corrected chi connectivity index (χ1v) is 10.8. The zero-order chi connectivity index (χ0) is 20.4. The predicted octanol–water partition coefficient (Wildman–Crippen LogP) is 5.13. The Kier molecular flexibility index (Phi) is 6.07. The minimum Gasteiger partial charge on any atom is -0.381 e. The van der Waals surface area contributed by atoms with E-state index in [-0.39, 0.29) is 0 Å². The monoisotopic (exact) mass is 412 g/mol. The number of allylic oxidation sites excluding steroid dienone is 3. The maximum absolute atomic E-state index is 6.62. The van der Waals surface area contributed by atoms with Crippen LogP contribution in [0.4, 0.5) is 5.69 Å². The van der Waals surface area contributed by atoms with E-state index in [1.54, 1.807) is 0 Å². The van der Waals surface area contributed by atoms with Crippen LogP contribution >= 0.6 is 11.6 Å². The molecule has 6 heteroatoms. The van der Waals surface area contributed by atoms with Gasteiger partial charge in [-0.05, 0) is 61.8 Å². The van der Waals surface area contributed by atoms with Gasteiger partial charge in [0.25, 0.3) is 0 Å². The molecule has 1 aromatic heterocycles. The van der Waals surface area contributed by atoms with Gasteiger partial charge in [-0.1, -0.05) is 30.3 Å². The first-order valence-electron chi connectivity index (χ1n) is 10.4. The normalized spacial score (nSPS) is 18.4. The van der Waals surface area contributed by atoms with Gasteiger partial charge in [0.15, 0.2) is 5.82 Å². The molecule has 0 radical (unpaired) electrons. The molecule has 1 saturated carbocycles. The Morgan fingerprint density at radius 3 is 2.69 bits per heavy atom. The van der Waals surface area contributed by atoms with Gasteiger partial charge in [-0.25, -0.2) is 0 Å². The molecule has 0 atom stereocenters. The number of hydrogen-bond acceptors (Lipinski definition) is 4. The highest BCUT2D eigenvalue weighted by Crippen LogP contribution is 2.34. The molecule has 2 fully saturated rings. The summed E-state index contributed by atoms with van der Waals surface area (Å²) in [5, 5.41) is 13.1. The third-order valence-electron chi connectivity index (χ3n) is 5.94. The summed E-state index contributed by atoms with van der Waals surface area (Å²) in [4.78, 5) is 0. The molecule has 1 aliphatic heterocycles. The highest BCUT2D eigenvalue weighted by molar-refractivity contribution is 6.33. The van der Waals surface area contributed by atoms with E-state index in [2.05, 4.69) is 45.7 Å². The van der Waals surface area contributed by atoms with Crippen LogP contribution in [0.15, 0.2) is 30.9 Å². The number of aromatic nitrogens is 3. The van der Waals surface area contributed by atoms with E-state index in [0.717, 1.165) is 72.4 Å². The van der Waals surface area contributed by atoms with Gasteiger partial charge in [0, 0.05) is 38.3 Å². The summed E-state index contributed by atoms with van der Waals surface area (Å²) in [6, 6.07) is 6.56. The van der Waals surface area contributed by atoms with Crippen molar-refractivity contribution in [2.75, 3.05) is 18.5 Å². The van der Waals surface area contributed by atoms with E-state index in [1.807, 2.05) is 19.2 Å². The molecule has 5 nitrogen and oxygen atoms in total. The lowest BCUT2D eigenvalue weighted by atomic mass is 9.99. The van der Waals surface area contributed by atoms with Crippen molar-refractivity contribution in [3.63, 3.8) is 0 Å². The second-order valence-electron chi connectivity index (χ2n) is 8.11. The molecule has 2 heterocycles. The third kappa shape index (κ3) is 4.57. The van der Waals surface area contributed by atoms with Crippen LogP contribution in [0.5, 0.6) is 0 Å². The molecule has 154 valence electrons. The zero-order valence-electron chi connectivity index (χ0n) is 17.2. The fourth-order valence-corrected chi connectivity index (χ4v) is 4.15. The van der Waals surface area contributed by atoms with Gasteiger partial charge in [0.05, 0.1) is 10.7 Å². The zero-order valence-corrected chi connectivity index (χ0v) is 18.0. The fourth-order valence-electron chi connectivity index (χ4n) is 3.92. The second-order valence-corrected chi connectivity index (χ2v) is 8.52. The Morgan fingerprint density at radius 2 is 2.03 bits per heavy atom. The molecule has 0 unspecified atom stereocenters. The maximum atomic E-state index is 6.62. The van der Waals surface area contributed by atoms with Crippen LogP contribution in [0.2, 0.25) is 5.02 Å². The molecule has 1 aromatic carbocycles. The number of ether oxygens (including phenoxy) is 1. The number of benzene rings is 1. The Labute approximate surface area is 177 Å². The van der Waals surface area contributed by atoms with Crippen LogP contribution in [0.3, 0.4) is 0 Å². The van der Waals surface area contributed by atoms with E-state index in [4.69, 9.17) is 16.3 Å². The summed E-state index contributed by atoms with van der Waals surface area (Å²) in [5.41, 5.74) is 4.08. The molecule has 2 aliphatic rings. The number of anilines is 1. The summed E-state index contributed by atoms with van der Waals surface area (Å²) in [7, 11) is 2.05. The lowest BCUT2D eigenvalue weighted by Crippen LogP contribution is -2.27. The van der Waals surface area contributed by atoms with Crippen molar-refractivity contribution in [2.45, 2.75) is 45.1 Å². The minimum absolute atomic E-state index is 0.409. The molecule has 0 bridgehead atoms. The van der Waals surface area contributed by atoms with Gasteiger partial charge >= 0.3 is 0 Å². The number of nitrogens with one attached hydrogen (secondary N) is 1. The molecule has 0 amide bonds. The first-order chi connectivity index (χ1) is 14.1. The van der Waals surface area contributed by atoms with Crippen LogP contribution in [0.25, 0.3) is 11.1 Å². The van der Waals surface area contributed by atoms with Crippen molar-refractivity contribution in [1.82, 2.24) is 14.8 Å². The van der Waals surface area contributed by atoms with Gasteiger partial charge in [-0.15, -0.1) is 10.2 Å². The van der Waals surface area contributed by atoms with Crippen LogP contribution in [-0.2, 0) is 18.2 Å². The van der Waals surface area contributed by atoms with Crippen molar-refractivity contribution >= 4 is 28.4 Å². The van der Waals surface area contributed by atoms with E-state index in [1.165, 1.54) is 12.8 Å². The van der Waals surface area contributed by atoms with Crippen molar-refractivity contribution in [1.29, 1.82) is 0 Å². The fraction of sp³-hybridized carbons (Fsp3) is 0.478. The summed E-state index contributed by atoms with van der Waals surface area (Å²) in [6.07, 6.45) is 7.51. The van der Waals surface area contributed by atoms with Gasteiger partial charge in [-0.2, -0.15) is 0 Å². The molecule has 4 rings (SSSR count). The lowest BCUT2D eigenvalue weighted by Gasteiger charge is -2.24. The highest BCUT2D eigenvalue weighted by Gasteiger charge is 2.25. The van der Waals surface area contributed by atoms with Crippen molar-refractivity contribution in [3.8, 4) is 0 Å². The summed E-state index contributed by atoms with van der Waals surface area (Å²) in [6.45, 7) is 7.71. The van der Waals surface area contributed by atoms with E-state index in [0.29, 0.717) is 11.1 Å². The molecule has 1 N–H and O–H groups in total. The Balaban J connectivity index is 1.58. The summed E-state index contributed by atoms with van der Waals surface area (Å²) >= 11 is 6.62. The average Bonchev–Trinajstić information content (AvgIpc) is 3.47. The van der Waals surface area contributed by atoms with Crippen LogP contribution in [0.1, 0.15) is 49.8 Å². The predicted molar refractivity (Wildman–Crippen MR) is 119 cm³/mol. The second kappa shape index (κ2) is 8.72. The van der Waals surface area contributed by atoms with Crippen LogP contribution < -0.4 is 5.32 Å². The molecule has 1 aliphatic carbocycles. The van der Waals surface area contributed by atoms with E-state index in [9.17, 15) is 0 Å². The summed E-state index contributed by atoms with van der Waals surface area (Å²) in [5.74, 6) is 2.72. The molecular formula is C23H29ClN4O. The van der Waals surface area contributed by atoms with Gasteiger partial charge in [0.1, 0.15) is 5.82 Å². The molecule has 2 aromatic rings. The number of halogens is 1. The van der Waals surface area contributed by atoms with Crippen molar-refractivity contribution < 1.29 is 4.74 Å². The highest BCUT2D eigenvalue weighted by atomic mass is 35.5. The maximum Gasteiger partial charge on any atom is 0.159 e. The van der Waals surface area contributed by atoms with Gasteiger partial charge < -0.3 is 14.6 Å². The minimum atomic E-state index is 0.409. The molecule has 1 saturated heterocycles. The smallest absolute Gasteiger partial charge is 0.159 e. The van der Waals surface area contributed by atoms with E-state index >= 15 is 0 Å². The number of hydrogen-bond donors (Lipinski definition) is 1. The number of rotatable bonds is 7. The topological polar surface area (TPSA) is 52.0 Å². The van der Waals surface area contributed by atoms with Gasteiger partial charge in [-0.3, -0.25) is 0 Å². The molecule has 0 spiro atoms. The Morgan fingerprint density at radius 1 is 1.28 bits per heavy atom. The molecular weight excluding hydrogens is 384 g/mol. The Bertz CT molecular complexity index is 923. The van der Waals surface area contributed by atoms with E-state index < -0.39 is 0 Å². The Hall–Kier alpha value is -2.11. The number of nitrogens with zero attached hydrogens (tertiary/aromatic N) is 3. The molecule has 29 heavy (non-hydrogen) atoms. The lowest BCUT2D eigenvalue weighted by molar-refractivity contribution is 0.0904.